The van der Waals surface area contributed by atoms with E-state index < -0.39 is 5.41 Å². The third-order valence-corrected chi connectivity index (χ3v) is 9.95. The molecular formula is C45H30O2. The number of aromatic hydroxyl groups is 2. The van der Waals surface area contributed by atoms with Crippen molar-refractivity contribution in [2.24, 2.45) is 0 Å². The zero-order valence-electron chi connectivity index (χ0n) is 25.6. The predicted molar refractivity (Wildman–Crippen MR) is 193 cm³/mol. The summed E-state index contributed by atoms with van der Waals surface area (Å²) >= 11 is 0. The number of benzene rings is 8. The van der Waals surface area contributed by atoms with Crippen LogP contribution < -0.4 is 0 Å². The van der Waals surface area contributed by atoms with Crippen molar-refractivity contribution < 1.29 is 10.2 Å². The minimum atomic E-state index is -0.843. The Bertz CT molecular complexity index is 2300. The van der Waals surface area contributed by atoms with Crippen molar-refractivity contribution in [3.63, 3.8) is 0 Å². The standard InChI is InChI=1S/C45H30O2/c46-41-27-25-39(33-17-7-9-19-35(33)41)45(40-26-28-42(47)36-20-10-8-18-34(36)40)43-31(29-13-3-1-4-14-29)21-11-23-37(43)38-24-12-22-32(44(38)45)30-15-5-2-6-16-30/h1-28,46-47H. The van der Waals surface area contributed by atoms with Crippen LogP contribution in [0.25, 0.3) is 54.9 Å². The Balaban J connectivity index is 1.59. The highest BCUT2D eigenvalue weighted by atomic mass is 16.3. The van der Waals surface area contributed by atoms with Crippen LogP contribution in [0, 0.1) is 0 Å². The molecule has 0 bridgehead atoms. The molecule has 0 heterocycles. The van der Waals surface area contributed by atoms with E-state index in [9.17, 15) is 10.2 Å². The zero-order chi connectivity index (χ0) is 31.5. The Kier molecular flexibility index (Phi) is 6.06. The van der Waals surface area contributed by atoms with Crippen LogP contribution in [0.15, 0.2) is 170 Å². The first kappa shape index (κ1) is 27.2. The molecule has 1 aliphatic carbocycles. The van der Waals surface area contributed by atoms with Gasteiger partial charge in [-0.1, -0.05) is 158 Å². The van der Waals surface area contributed by atoms with Crippen molar-refractivity contribution in [1.29, 1.82) is 0 Å². The van der Waals surface area contributed by atoms with Crippen molar-refractivity contribution in [3.05, 3.63) is 192 Å². The van der Waals surface area contributed by atoms with E-state index in [4.69, 9.17) is 0 Å². The second-order valence-corrected chi connectivity index (χ2v) is 12.3. The molecule has 0 saturated carbocycles. The van der Waals surface area contributed by atoms with Crippen LogP contribution in [0.1, 0.15) is 22.3 Å². The highest BCUT2D eigenvalue weighted by molar-refractivity contribution is 6.04. The van der Waals surface area contributed by atoms with Gasteiger partial charge in [0.15, 0.2) is 0 Å². The number of hydrogen-bond acceptors (Lipinski definition) is 2. The SMILES string of the molecule is Oc1ccc(C2(c3ccc(O)c4ccccc34)c3c(-c4ccccc4)cccc3-c3cccc(-c4ccccc4)c32)c2ccccc12. The van der Waals surface area contributed by atoms with Crippen molar-refractivity contribution in [2.75, 3.05) is 0 Å². The smallest absolute Gasteiger partial charge is 0.123 e. The Morgan fingerprint density at radius 1 is 0.298 bits per heavy atom. The van der Waals surface area contributed by atoms with Crippen molar-refractivity contribution in [3.8, 4) is 44.9 Å². The Morgan fingerprint density at radius 3 is 1.09 bits per heavy atom. The minimum Gasteiger partial charge on any atom is -0.507 e. The molecular weight excluding hydrogens is 572 g/mol. The average molecular weight is 603 g/mol. The summed E-state index contributed by atoms with van der Waals surface area (Å²) in [5.41, 5.74) is 10.6. The topological polar surface area (TPSA) is 40.5 Å². The third-order valence-electron chi connectivity index (χ3n) is 9.95. The lowest BCUT2D eigenvalue weighted by Gasteiger charge is -2.38. The van der Waals surface area contributed by atoms with Crippen LogP contribution >= 0.6 is 0 Å². The molecule has 0 radical (unpaired) electrons. The second-order valence-electron chi connectivity index (χ2n) is 12.3. The van der Waals surface area contributed by atoms with E-state index in [1.165, 1.54) is 22.3 Å². The van der Waals surface area contributed by atoms with Gasteiger partial charge in [0.25, 0.3) is 0 Å². The van der Waals surface area contributed by atoms with Gasteiger partial charge in [-0.15, -0.1) is 0 Å². The van der Waals surface area contributed by atoms with Crippen LogP contribution in [0.2, 0.25) is 0 Å². The van der Waals surface area contributed by atoms with E-state index in [0.717, 1.165) is 54.9 Å². The number of fused-ring (bicyclic) bond motifs is 5. The molecule has 0 fully saturated rings. The van der Waals surface area contributed by atoms with E-state index in [-0.39, 0.29) is 11.5 Å². The van der Waals surface area contributed by atoms with Gasteiger partial charge in [0.1, 0.15) is 11.5 Å². The van der Waals surface area contributed by atoms with Crippen LogP contribution in [0.5, 0.6) is 11.5 Å². The zero-order valence-corrected chi connectivity index (χ0v) is 25.6. The monoisotopic (exact) mass is 602 g/mol. The van der Waals surface area contributed by atoms with Crippen molar-refractivity contribution in [2.45, 2.75) is 5.41 Å². The molecule has 1 aliphatic rings. The molecule has 9 rings (SSSR count). The summed E-state index contributed by atoms with van der Waals surface area (Å²) < 4.78 is 0. The highest BCUT2D eigenvalue weighted by Gasteiger charge is 2.50. The lowest BCUT2D eigenvalue weighted by molar-refractivity contribution is 0.481. The molecule has 47 heavy (non-hydrogen) atoms. The van der Waals surface area contributed by atoms with Gasteiger partial charge < -0.3 is 10.2 Å². The van der Waals surface area contributed by atoms with E-state index >= 15 is 0 Å². The average Bonchev–Trinajstić information content (AvgIpc) is 3.44. The number of rotatable bonds is 4. The van der Waals surface area contributed by atoms with Gasteiger partial charge in [-0.3, -0.25) is 0 Å². The molecule has 2 nitrogen and oxygen atoms in total. The quantitative estimate of drug-likeness (QED) is 0.210. The van der Waals surface area contributed by atoms with E-state index in [1.807, 2.05) is 36.4 Å². The van der Waals surface area contributed by atoms with Gasteiger partial charge in [0.05, 0.1) is 5.41 Å². The fraction of sp³-hybridized carbons (Fsp3) is 0.0222. The van der Waals surface area contributed by atoms with Crippen LogP contribution in [0.3, 0.4) is 0 Å². The molecule has 8 aromatic carbocycles. The summed E-state index contributed by atoms with van der Waals surface area (Å²) in [5.74, 6) is 0.502. The second kappa shape index (κ2) is 10.5. The molecule has 0 amide bonds. The fourth-order valence-electron chi connectivity index (χ4n) is 8.11. The van der Waals surface area contributed by atoms with Crippen LogP contribution in [-0.2, 0) is 5.41 Å². The normalized spacial score (nSPS) is 13.0. The predicted octanol–water partition coefficient (Wildman–Crippen LogP) is 11.1. The Labute approximate surface area is 273 Å². The van der Waals surface area contributed by atoms with Gasteiger partial charge in [0.2, 0.25) is 0 Å². The van der Waals surface area contributed by atoms with Gasteiger partial charge in [-0.2, -0.15) is 0 Å². The third kappa shape index (κ3) is 3.85. The number of phenols is 2. The minimum absolute atomic E-state index is 0.251. The molecule has 0 aromatic heterocycles. The molecule has 2 heteroatoms. The lowest BCUT2D eigenvalue weighted by atomic mass is 9.62. The van der Waals surface area contributed by atoms with E-state index in [1.54, 1.807) is 0 Å². The van der Waals surface area contributed by atoms with Gasteiger partial charge in [-0.25, -0.2) is 0 Å². The summed E-state index contributed by atoms with van der Waals surface area (Å²) in [4.78, 5) is 0. The first-order valence-electron chi connectivity index (χ1n) is 16.0. The maximum atomic E-state index is 11.2. The fourth-order valence-corrected chi connectivity index (χ4v) is 8.11. The number of phenolic OH excluding ortho intramolecular Hbond substituents is 2. The van der Waals surface area contributed by atoms with E-state index in [0.29, 0.717) is 0 Å². The Morgan fingerprint density at radius 2 is 0.660 bits per heavy atom. The molecule has 2 N–H and O–H groups in total. The summed E-state index contributed by atoms with van der Waals surface area (Å²) in [7, 11) is 0. The van der Waals surface area contributed by atoms with Crippen LogP contribution in [-0.4, -0.2) is 10.2 Å². The summed E-state index contributed by atoms with van der Waals surface area (Å²) in [6.07, 6.45) is 0. The van der Waals surface area contributed by atoms with Crippen molar-refractivity contribution >= 4 is 21.5 Å². The molecule has 0 spiro atoms. The summed E-state index contributed by atoms with van der Waals surface area (Å²) in [6.45, 7) is 0. The van der Waals surface area contributed by atoms with Gasteiger partial charge >= 0.3 is 0 Å². The van der Waals surface area contributed by atoms with Gasteiger partial charge in [0, 0.05) is 10.8 Å². The number of hydrogen-bond donors (Lipinski definition) is 2. The molecule has 0 aliphatic heterocycles. The van der Waals surface area contributed by atoms with E-state index in [2.05, 4.69) is 133 Å². The van der Waals surface area contributed by atoms with Crippen LogP contribution in [0.4, 0.5) is 0 Å². The highest BCUT2D eigenvalue weighted by Crippen LogP contribution is 2.63. The maximum absolute atomic E-state index is 11.2. The summed E-state index contributed by atoms with van der Waals surface area (Å²) in [5, 5.41) is 26.0. The maximum Gasteiger partial charge on any atom is 0.123 e. The molecule has 222 valence electrons. The molecule has 0 saturated heterocycles. The first-order valence-corrected chi connectivity index (χ1v) is 16.0. The Hall–Kier alpha value is -6.12. The van der Waals surface area contributed by atoms with Gasteiger partial charge in [-0.05, 0) is 78.5 Å². The molecule has 0 unspecified atom stereocenters. The molecule has 0 atom stereocenters. The van der Waals surface area contributed by atoms with Crippen molar-refractivity contribution in [1.82, 2.24) is 0 Å². The lowest BCUT2D eigenvalue weighted by Crippen LogP contribution is -2.30. The largest absolute Gasteiger partial charge is 0.507 e. The summed E-state index contributed by atoms with van der Waals surface area (Å²) in [6, 6.07) is 58.8. The molecule has 8 aromatic rings. The first-order chi connectivity index (χ1) is 23.2.